The number of aliphatic hydroxyl groups is 1. The Labute approximate surface area is 125 Å². The third kappa shape index (κ3) is 2.61. The average molecular weight is 298 g/mol. The molecule has 0 unspecified atom stereocenters. The van der Waals surface area contributed by atoms with Crippen LogP contribution in [0.3, 0.4) is 0 Å². The van der Waals surface area contributed by atoms with E-state index in [1.54, 1.807) is 0 Å². The molecule has 2 aromatic heterocycles. The molecule has 7 heteroatoms. The number of amides is 1. The molecule has 0 fully saturated rings. The van der Waals surface area contributed by atoms with Crippen molar-refractivity contribution in [1.29, 1.82) is 0 Å². The maximum absolute atomic E-state index is 11.9. The van der Waals surface area contributed by atoms with Gasteiger partial charge in [-0.2, -0.15) is 0 Å². The first-order valence-electron chi connectivity index (χ1n) is 6.69. The lowest BCUT2D eigenvalue weighted by molar-refractivity contribution is 0.0940. The number of nitrogen functional groups attached to an aromatic ring is 1. The first-order chi connectivity index (χ1) is 10.7. The van der Waals surface area contributed by atoms with Crippen LogP contribution in [0, 0.1) is 0 Å². The maximum atomic E-state index is 11.9. The number of nitrogens with two attached hydrogens (primary N) is 1. The van der Waals surface area contributed by atoms with Gasteiger partial charge in [0, 0.05) is 11.9 Å². The smallest absolute Gasteiger partial charge is 0.273 e. The molecule has 0 radical (unpaired) electrons. The minimum atomic E-state index is -0.489. The molecule has 7 nitrogen and oxygen atoms in total. The molecular formula is C15H14N4O3. The van der Waals surface area contributed by atoms with E-state index in [0.29, 0.717) is 11.5 Å². The zero-order chi connectivity index (χ0) is 15.5. The fourth-order valence-corrected chi connectivity index (χ4v) is 2.05. The summed E-state index contributed by atoms with van der Waals surface area (Å²) >= 11 is 0. The number of aliphatic hydroxyl groups excluding tert-OH is 1. The van der Waals surface area contributed by atoms with Gasteiger partial charge in [0.2, 0.25) is 0 Å². The maximum Gasteiger partial charge on any atom is 0.273 e. The van der Waals surface area contributed by atoms with Crippen molar-refractivity contribution in [3.63, 3.8) is 0 Å². The number of rotatable bonds is 4. The van der Waals surface area contributed by atoms with Crippen LogP contribution in [0.5, 0.6) is 0 Å². The van der Waals surface area contributed by atoms with Gasteiger partial charge in [0.05, 0.1) is 12.8 Å². The molecular weight excluding hydrogens is 284 g/mol. The summed E-state index contributed by atoms with van der Waals surface area (Å²) in [7, 11) is 0. The Morgan fingerprint density at radius 2 is 2.18 bits per heavy atom. The molecule has 0 atom stereocenters. The van der Waals surface area contributed by atoms with E-state index in [2.05, 4.69) is 15.3 Å². The molecule has 3 aromatic rings. The monoisotopic (exact) mass is 298 g/mol. The molecule has 0 saturated heterocycles. The number of nitrogens with one attached hydrogen (secondary N) is 1. The molecule has 0 saturated carbocycles. The summed E-state index contributed by atoms with van der Waals surface area (Å²) in [6, 6.07) is 9.37. The molecule has 22 heavy (non-hydrogen) atoms. The van der Waals surface area contributed by atoms with E-state index >= 15 is 0 Å². The largest absolute Gasteiger partial charge is 0.454 e. The molecule has 0 bridgehead atoms. The SMILES string of the molecule is Nc1ncc(-c2cc3ccccc3o2)nc1C(=O)NCCO. The van der Waals surface area contributed by atoms with E-state index in [4.69, 9.17) is 15.3 Å². The average Bonchev–Trinajstić information content (AvgIpc) is 2.97. The summed E-state index contributed by atoms with van der Waals surface area (Å²) in [5.41, 5.74) is 6.83. The Kier molecular flexibility index (Phi) is 3.71. The van der Waals surface area contributed by atoms with Crippen molar-refractivity contribution in [2.45, 2.75) is 0 Å². The van der Waals surface area contributed by atoms with Gasteiger partial charge in [0.1, 0.15) is 11.3 Å². The van der Waals surface area contributed by atoms with E-state index in [1.165, 1.54) is 6.20 Å². The van der Waals surface area contributed by atoms with E-state index in [9.17, 15) is 4.79 Å². The van der Waals surface area contributed by atoms with Gasteiger partial charge >= 0.3 is 0 Å². The third-order valence-corrected chi connectivity index (χ3v) is 3.09. The number of aromatic nitrogens is 2. The highest BCUT2D eigenvalue weighted by atomic mass is 16.3. The number of hydrogen-bond donors (Lipinski definition) is 3. The first-order valence-corrected chi connectivity index (χ1v) is 6.69. The van der Waals surface area contributed by atoms with E-state index in [0.717, 1.165) is 11.0 Å². The number of nitrogens with zero attached hydrogens (tertiary/aromatic N) is 2. The van der Waals surface area contributed by atoms with Gasteiger partial charge in [0.25, 0.3) is 5.91 Å². The second-order valence-corrected chi connectivity index (χ2v) is 4.62. The molecule has 4 N–H and O–H groups in total. The second-order valence-electron chi connectivity index (χ2n) is 4.62. The highest BCUT2D eigenvalue weighted by Gasteiger charge is 2.16. The number of carbonyl (C=O) groups is 1. The van der Waals surface area contributed by atoms with Crippen LogP contribution >= 0.6 is 0 Å². The Bertz CT molecular complexity index is 796. The summed E-state index contributed by atoms with van der Waals surface area (Å²) in [4.78, 5) is 20.1. The molecule has 0 aliphatic rings. The molecule has 0 aliphatic carbocycles. The minimum absolute atomic E-state index is 0.00593. The molecule has 2 heterocycles. The molecule has 0 aliphatic heterocycles. The third-order valence-electron chi connectivity index (χ3n) is 3.09. The van der Waals surface area contributed by atoms with Crippen LogP contribution in [0.1, 0.15) is 10.5 Å². The summed E-state index contributed by atoms with van der Waals surface area (Å²) in [6.07, 6.45) is 1.45. The van der Waals surface area contributed by atoms with E-state index in [-0.39, 0.29) is 24.7 Å². The number of carbonyl (C=O) groups excluding carboxylic acids is 1. The fourth-order valence-electron chi connectivity index (χ4n) is 2.05. The van der Waals surface area contributed by atoms with Crippen LogP contribution in [0.4, 0.5) is 5.82 Å². The zero-order valence-corrected chi connectivity index (χ0v) is 11.6. The molecule has 1 aromatic carbocycles. The highest BCUT2D eigenvalue weighted by molar-refractivity contribution is 5.96. The number of benzene rings is 1. The predicted octanol–water partition coefficient (Wildman–Crippen LogP) is 1.19. The quantitative estimate of drug-likeness (QED) is 0.666. The van der Waals surface area contributed by atoms with Gasteiger partial charge in [-0.15, -0.1) is 0 Å². The van der Waals surface area contributed by atoms with Crippen molar-refractivity contribution in [1.82, 2.24) is 15.3 Å². The summed E-state index contributed by atoms with van der Waals surface area (Å²) in [5.74, 6) is 0.0391. The van der Waals surface area contributed by atoms with Crippen molar-refractivity contribution < 1.29 is 14.3 Å². The van der Waals surface area contributed by atoms with E-state index in [1.807, 2.05) is 30.3 Å². The lowest BCUT2D eigenvalue weighted by Gasteiger charge is -2.06. The van der Waals surface area contributed by atoms with Gasteiger partial charge < -0.3 is 20.6 Å². The normalized spacial score (nSPS) is 10.8. The van der Waals surface area contributed by atoms with Gasteiger partial charge in [-0.1, -0.05) is 18.2 Å². The van der Waals surface area contributed by atoms with Gasteiger partial charge in [0.15, 0.2) is 17.3 Å². The Morgan fingerprint density at radius 3 is 2.95 bits per heavy atom. The van der Waals surface area contributed by atoms with Crippen molar-refractivity contribution >= 4 is 22.7 Å². The minimum Gasteiger partial charge on any atom is -0.454 e. The van der Waals surface area contributed by atoms with Crippen LogP contribution < -0.4 is 11.1 Å². The molecule has 3 rings (SSSR count). The lowest BCUT2D eigenvalue weighted by Crippen LogP contribution is -2.28. The van der Waals surface area contributed by atoms with Crippen molar-refractivity contribution in [3.05, 3.63) is 42.2 Å². The summed E-state index contributed by atoms with van der Waals surface area (Å²) < 4.78 is 5.69. The Morgan fingerprint density at radius 1 is 1.36 bits per heavy atom. The van der Waals surface area contributed by atoms with Crippen molar-refractivity contribution in [2.24, 2.45) is 0 Å². The van der Waals surface area contributed by atoms with Crippen LogP contribution in [0.15, 0.2) is 40.9 Å². The number of anilines is 1. The zero-order valence-electron chi connectivity index (χ0n) is 11.6. The van der Waals surface area contributed by atoms with Gasteiger partial charge in [-0.3, -0.25) is 4.79 Å². The number of fused-ring (bicyclic) bond motifs is 1. The van der Waals surface area contributed by atoms with Crippen molar-refractivity contribution in [2.75, 3.05) is 18.9 Å². The van der Waals surface area contributed by atoms with Gasteiger partial charge in [-0.05, 0) is 12.1 Å². The Hall–Kier alpha value is -2.93. The van der Waals surface area contributed by atoms with Crippen LogP contribution in [0.25, 0.3) is 22.4 Å². The second kappa shape index (κ2) is 5.82. The topological polar surface area (TPSA) is 114 Å². The lowest BCUT2D eigenvalue weighted by atomic mass is 10.2. The summed E-state index contributed by atoms with van der Waals surface area (Å²) in [5, 5.41) is 12.2. The highest BCUT2D eigenvalue weighted by Crippen LogP contribution is 2.26. The Balaban J connectivity index is 1.99. The van der Waals surface area contributed by atoms with Crippen LogP contribution in [-0.2, 0) is 0 Å². The van der Waals surface area contributed by atoms with Crippen LogP contribution in [-0.4, -0.2) is 34.1 Å². The molecule has 1 amide bonds. The van der Waals surface area contributed by atoms with E-state index < -0.39 is 5.91 Å². The van der Waals surface area contributed by atoms with Crippen molar-refractivity contribution in [3.8, 4) is 11.5 Å². The number of para-hydroxylation sites is 1. The van der Waals surface area contributed by atoms with Crippen LogP contribution in [0.2, 0.25) is 0 Å². The number of hydrogen-bond acceptors (Lipinski definition) is 6. The predicted molar refractivity (Wildman–Crippen MR) is 81.1 cm³/mol. The molecule has 0 spiro atoms. The van der Waals surface area contributed by atoms with Gasteiger partial charge in [-0.25, -0.2) is 9.97 Å². The summed E-state index contributed by atoms with van der Waals surface area (Å²) in [6.45, 7) is -0.0445. The standard InChI is InChI=1S/C15H14N4O3/c16-14-13(15(21)17-5-6-20)19-10(8-18-14)12-7-9-3-1-2-4-11(9)22-12/h1-4,7-8,20H,5-6H2,(H2,16,18)(H,17,21). The first kappa shape index (κ1) is 14.0. The fraction of sp³-hybridized carbons (Fsp3) is 0.133. The number of furan rings is 1. The molecule has 112 valence electrons.